The van der Waals surface area contributed by atoms with E-state index in [4.69, 9.17) is 0 Å². The number of nitrogens with zero attached hydrogens (tertiary/aromatic N) is 3. The van der Waals surface area contributed by atoms with Gasteiger partial charge in [-0.1, -0.05) is 22.0 Å². The molecule has 1 aliphatic rings. The predicted molar refractivity (Wildman–Crippen MR) is 89.6 cm³/mol. The molecule has 22 heavy (non-hydrogen) atoms. The second-order valence-electron chi connectivity index (χ2n) is 5.44. The maximum atomic E-state index is 12.5. The molecule has 5 heteroatoms. The van der Waals surface area contributed by atoms with Crippen LogP contribution in [0.1, 0.15) is 15.9 Å². The van der Waals surface area contributed by atoms with Gasteiger partial charge in [0.2, 0.25) is 0 Å². The van der Waals surface area contributed by atoms with Crippen molar-refractivity contribution in [3.05, 3.63) is 64.4 Å². The van der Waals surface area contributed by atoms with Gasteiger partial charge in [-0.3, -0.25) is 14.7 Å². The highest BCUT2D eigenvalue weighted by Gasteiger charge is 2.22. The quantitative estimate of drug-likeness (QED) is 0.845. The Hall–Kier alpha value is -1.72. The van der Waals surface area contributed by atoms with Crippen LogP contribution in [0.25, 0.3) is 0 Å². The third kappa shape index (κ3) is 3.72. The minimum Gasteiger partial charge on any atom is -0.336 e. The van der Waals surface area contributed by atoms with Crippen molar-refractivity contribution in [3.63, 3.8) is 0 Å². The molecule has 1 fully saturated rings. The molecular formula is C17H18BrN3O. The minimum absolute atomic E-state index is 0.119. The minimum atomic E-state index is 0.119. The van der Waals surface area contributed by atoms with E-state index in [-0.39, 0.29) is 5.91 Å². The Bertz CT molecular complexity index is 622. The van der Waals surface area contributed by atoms with Crippen molar-refractivity contribution >= 4 is 21.8 Å². The number of carbonyl (C=O) groups is 1. The third-order valence-electron chi connectivity index (χ3n) is 3.88. The number of halogens is 1. The average molecular weight is 360 g/mol. The zero-order chi connectivity index (χ0) is 15.4. The molecule has 4 nitrogen and oxygen atoms in total. The zero-order valence-corrected chi connectivity index (χ0v) is 13.9. The number of pyridine rings is 1. The lowest BCUT2D eigenvalue weighted by Gasteiger charge is -2.34. The van der Waals surface area contributed by atoms with Crippen LogP contribution >= 0.6 is 15.9 Å². The van der Waals surface area contributed by atoms with Gasteiger partial charge in [0.05, 0.1) is 0 Å². The number of hydrogen-bond acceptors (Lipinski definition) is 3. The maximum absolute atomic E-state index is 12.5. The Labute approximate surface area is 138 Å². The molecule has 0 N–H and O–H groups in total. The molecule has 0 spiro atoms. The lowest BCUT2D eigenvalue weighted by Crippen LogP contribution is -2.48. The summed E-state index contributed by atoms with van der Waals surface area (Å²) in [6, 6.07) is 11.6. The first kappa shape index (κ1) is 15.2. The molecule has 3 rings (SSSR count). The van der Waals surface area contributed by atoms with Crippen molar-refractivity contribution in [1.29, 1.82) is 0 Å². The fraction of sp³-hybridized carbons (Fsp3) is 0.294. The SMILES string of the molecule is O=C(c1ccc(Br)cc1)N1CCN(Cc2cccnc2)CC1. The van der Waals surface area contributed by atoms with E-state index in [1.807, 2.05) is 41.4 Å². The number of benzene rings is 1. The molecule has 2 heterocycles. The van der Waals surface area contributed by atoms with Crippen molar-refractivity contribution in [3.8, 4) is 0 Å². The summed E-state index contributed by atoms with van der Waals surface area (Å²) in [4.78, 5) is 20.9. The summed E-state index contributed by atoms with van der Waals surface area (Å²) >= 11 is 3.39. The van der Waals surface area contributed by atoms with Crippen LogP contribution in [0.4, 0.5) is 0 Å². The van der Waals surface area contributed by atoms with Gasteiger partial charge >= 0.3 is 0 Å². The van der Waals surface area contributed by atoms with E-state index < -0.39 is 0 Å². The molecule has 1 saturated heterocycles. The van der Waals surface area contributed by atoms with E-state index in [9.17, 15) is 4.79 Å². The van der Waals surface area contributed by atoms with E-state index in [0.717, 1.165) is 42.8 Å². The highest BCUT2D eigenvalue weighted by Crippen LogP contribution is 2.14. The van der Waals surface area contributed by atoms with Crippen LogP contribution in [0.3, 0.4) is 0 Å². The van der Waals surface area contributed by atoms with Crippen molar-refractivity contribution < 1.29 is 4.79 Å². The first-order valence-electron chi connectivity index (χ1n) is 7.38. The van der Waals surface area contributed by atoms with Crippen LogP contribution in [0.2, 0.25) is 0 Å². The van der Waals surface area contributed by atoms with E-state index in [0.29, 0.717) is 0 Å². The molecule has 1 aliphatic heterocycles. The number of piperazine rings is 1. The van der Waals surface area contributed by atoms with Crippen LogP contribution in [0.5, 0.6) is 0 Å². The molecule has 1 amide bonds. The fourth-order valence-electron chi connectivity index (χ4n) is 2.63. The summed E-state index contributed by atoms with van der Waals surface area (Å²) in [5, 5.41) is 0. The first-order valence-corrected chi connectivity index (χ1v) is 8.18. The molecule has 114 valence electrons. The van der Waals surface area contributed by atoms with Crippen LogP contribution in [-0.4, -0.2) is 46.9 Å². The second kappa shape index (κ2) is 7.03. The number of carbonyl (C=O) groups excluding carboxylic acids is 1. The highest BCUT2D eigenvalue weighted by atomic mass is 79.9. The zero-order valence-electron chi connectivity index (χ0n) is 12.3. The van der Waals surface area contributed by atoms with E-state index in [1.165, 1.54) is 5.56 Å². The predicted octanol–water partition coefficient (Wildman–Crippen LogP) is 2.80. The van der Waals surface area contributed by atoms with Gasteiger partial charge in [-0.15, -0.1) is 0 Å². The van der Waals surface area contributed by atoms with E-state index in [1.54, 1.807) is 6.20 Å². The Balaban J connectivity index is 1.55. The average Bonchev–Trinajstić information content (AvgIpc) is 2.57. The highest BCUT2D eigenvalue weighted by molar-refractivity contribution is 9.10. The lowest BCUT2D eigenvalue weighted by atomic mass is 10.1. The van der Waals surface area contributed by atoms with E-state index >= 15 is 0 Å². The Morgan fingerprint density at radius 3 is 2.45 bits per heavy atom. The van der Waals surface area contributed by atoms with Crippen LogP contribution in [0.15, 0.2) is 53.3 Å². The van der Waals surface area contributed by atoms with Crippen LogP contribution in [-0.2, 0) is 6.54 Å². The van der Waals surface area contributed by atoms with Crippen molar-refractivity contribution in [2.24, 2.45) is 0 Å². The standard InChI is InChI=1S/C17H18BrN3O/c18-16-5-3-15(4-6-16)17(22)21-10-8-20(9-11-21)13-14-2-1-7-19-12-14/h1-7,12H,8-11,13H2. The molecule has 1 aromatic carbocycles. The van der Waals surface area contributed by atoms with Gasteiger partial charge in [-0.05, 0) is 35.9 Å². The Kier molecular flexibility index (Phi) is 4.85. The van der Waals surface area contributed by atoms with Crippen LogP contribution in [0, 0.1) is 0 Å². The van der Waals surface area contributed by atoms with Crippen LogP contribution < -0.4 is 0 Å². The molecule has 1 aromatic heterocycles. The monoisotopic (exact) mass is 359 g/mol. The smallest absolute Gasteiger partial charge is 0.253 e. The van der Waals surface area contributed by atoms with Gasteiger partial charge in [-0.25, -0.2) is 0 Å². The van der Waals surface area contributed by atoms with Gasteiger partial charge in [-0.2, -0.15) is 0 Å². The largest absolute Gasteiger partial charge is 0.336 e. The lowest BCUT2D eigenvalue weighted by molar-refractivity contribution is 0.0628. The summed E-state index contributed by atoms with van der Waals surface area (Å²) in [5.41, 5.74) is 1.97. The maximum Gasteiger partial charge on any atom is 0.253 e. The number of hydrogen-bond donors (Lipinski definition) is 0. The normalized spacial score (nSPS) is 15.8. The molecule has 0 aliphatic carbocycles. The molecule has 0 atom stereocenters. The molecule has 0 radical (unpaired) electrons. The first-order chi connectivity index (χ1) is 10.7. The third-order valence-corrected chi connectivity index (χ3v) is 4.41. The molecular weight excluding hydrogens is 342 g/mol. The van der Waals surface area contributed by atoms with Gasteiger partial charge in [0, 0.05) is 55.2 Å². The Morgan fingerprint density at radius 2 is 1.82 bits per heavy atom. The van der Waals surface area contributed by atoms with Gasteiger partial charge in [0.25, 0.3) is 5.91 Å². The summed E-state index contributed by atoms with van der Waals surface area (Å²) in [6.07, 6.45) is 3.69. The van der Waals surface area contributed by atoms with Gasteiger partial charge < -0.3 is 4.90 Å². The number of aromatic nitrogens is 1. The summed E-state index contributed by atoms with van der Waals surface area (Å²) in [7, 11) is 0. The summed E-state index contributed by atoms with van der Waals surface area (Å²) < 4.78 is 0.991. The molecule has 0 saturated carbocycles. The van der Waals surface area contributed by atoms with Gasteiger partial charge in [0.15, 0.2) is 0 Å². The number of amides is 1. The summed E-state index contributed by atoms with van der Waals surface area (Å²) in [6.45, 7) is 4.24. The molecule has 0 bridgehead atoms. The Morgan fingerprint density at radius 1 is 1.09 bits per heavy atom. The van der Waals surface area contributed by atoms with Gasteiger partial charge in [0.1, 0.15) is 0 Å². The second-order valence-corrected chi connectivity index (χ2v) is 6.35. The van der Waals surface area contributed by atoms with E-state index in [2.05, 4.69) is 31.9 Å². The van der Waals surface area contributed by atoms with Crippen molar-refractivity contribution in [2.45, 2.75) is 6.54 Å². The topological polar surface area (TPSA) is 36.4 Å². The molecule has 2 aromatic rings. The fourth-order valence-corrected chi connectivity index (χ4v) is 2.90. The summed E-state index contributed by atoms with van der Waals surface area (Å²) in [5.74, 6) is 0.119. The molecule has 0 unspecified atom stereocenters. The van der Waals surface area contributed by atoms with Crippen molar-refractivity contribution in [2.75, 3.05) is 26.2 Å². The van der Waals surface area contributed by atoms with Crippen molar-refractivity contribution in [1.82, 2.24) is 14.8 Å². The number of rotatable bonds is 3.